The first-order valence-electron chi connectivity index (χ1n) is 4.71. The maximum atomic E-state index is 8.94. The Morgan fingerprint density at radius 2 is 1.93 bits per heavy atom. The lowest BCUT2D eigenvalue weighted by atomic mass is 10.2. The van der Waals surface area contributed by atoms with E-state index in [1.54, 1.807) is 0 Å². The number of nitrogens with zero attached hydrogens (tertiary/aromatic N) is 1. The SMILES string of the molecule is CC(CO)CN(C)c1ccc(Br)cc1. The molecule has 0 radical (unpaired) electrons. The lowest BCUT2D eigenvalue weighted by Gasteiger charge is -2.22. The smallest absolute Gasteiger partial charge is 0.0473 e. The van der Waals surface area contributed by atoms with Crippen molar-refractivity contribution in [3.63, 3.8) is 0 Å². The molecule has 0 aliphatic carbocycles. The average Bonchev–Trinajstić information content (AvgIpc) is 2.18. The van der Waals surface area contributed by atoms with Crippen LogP contribution in [-0.2, 0) is 0 Å². The van der Waals surface area contributed by atoms with Gasteiger partial charge in [0.25, 0.3) is 0 Å². The Bertz CT molecular complexity index is 273. The van der Waals surface area contributed by atoms with E-state index in [2.05, 4.69) is 33.0 Å². The zero-order valence-electron chi connectivity index (χ0n) is 8.57. The summed E-state index contributed by atoms with van der Waals surface area (Å²) in [5.74, 6) is 0.309. The van der Waals surface area contributed by atoms with Gasteiger partial charge >= 0.3 is 0 Å². The first kappa shape index (κ1) is 11.5. The molecule has 1 N–H and O–H groups in total. The number of rotatable bonds is 4. The minimum atomic E-state index is 0.237. The van der Waals surface area contributed by atoms with E-state index in [0.717, 1.165) is 11.0 Å². The third-order valence-corrected chi connectivity index (χ3v) is 2.69. The van der Waals surface area contributed by atoms with Crippen LogP contribution in [0.1, 0.15) is 6.92 Å². The number of anilines is 1. The van der Waals surface area contributed by atoms with Crippen molar-refractivity contribution >= 4 is 21.6 Å². The molecule has 78 valence electrons. The Kier molecular flexibility index (Phi) is 4.42. The molecule has 0 amide bonds. The quantitative estimate of drug-likeness (QED) is 0.897. The van der Waals surface area contributed by atoms with Crippen LogP contribution in [0.3, 0.4) is 0 Å². The van der Waals surface area contributed by atoms with Crippen molar-refractivity contribution in [3.05, 3.63) is 28.7 Å². The minimum Gasteiger partial charge on any atom is -0.396 e. The molecule has 1 aromatic carbocycles. The summed E-state index contributed by atoms with van der Waals surface area (Å²) in [6.07, 6.45) is 0. The molecule has 0 aliphatic heterocycles. The molecular formula is C11H16BrNO. The van der Waals surface area contributed by atoms with Crippen LogP contribution in [-0.4, -0.2) is 25.3 Å². The van der Waals surface area contributed by atoms with E-state index in [-0.39, 0.29) is 6.61 Å². The van der Waals surface area contributed by atoms with Gasteiger partial charge in [0.2, 0.25) is 0 Å². The summed E-state index contributed by atoms with van der Waals surface area (Å²) in [6.45, 7) is 3.15. The highest BCUT2D eigenvalue weighted by molar-refractivity contribution is 9.10. The number of hydrogen-bond acceptors (Lipinski definition) is 2. The van der Waals surface area contributed by atoms with E-state index in [0.29, 0.717) is 5.92 Å². The van der Waals surface area contributed by atoms with Crippen molar-refractivity contribution in [2.45, 2.75) is 6.92 Å². The van der Waals surface area contributed by atoms with Crippen LogP contribution in [0.2, 0.25) is 0 Å². The largest absolute Gasteiger partial charge is 0.396 e. The summed E-state index contributed by atoms with van der Waals surface area (Å²) in [6, 6.07) is 8.17. The van der Waals surface area contributed by atoms with Crippen LogP contribution in [0.4, 0.5) is 5.69 Å². The highest BCUT2D eigenvalue weighted by Gasteiger charge is 2.05. The molecule has 0 bridgehead atoms. The monoisotopic (exact) mass is 257 g/mol. The molecule has 0 fully saturated rings. The first-order chi connectivity index (χ1) is 6.63. The van der Waals surface area contributed by atoms with E-state index >= 15 is 0 Å². The lowest BCUT2D eigenvalue weighted by molar-refractivity contribution is 0.240. The van der Waals surface area contributed by atoms with Crippen molar-refractivity contribution in [1.82, 2.24) is 0 Å². The van der Waals surface area contributed by atoms with Crippen molar-refractivity contribution in [3.8, 4) is 0 Å². The molecule has 1 rings (SSSR count). The highest BCUT2D eigenvalue weighted by Crippen LogP contribution is 2.17. The molecule has 1 aromatic rings. The van der Waals surface area contributed by atoms with Crippen LogP contribution in [0, 0.1) is 5.92 Å². The first-order valence-corrected chi connectivity index (χ1v) is 5.50. The zero-order chi connectivity index (χ0) is 10.6. The Hall–Kier alpha value is -0.540. The van der Waals surface area contributed by atoms with Crippen molar-refractivity contribution in [1.29, 1.82) is 0 Å². The molecule has 0 spiro atoms. The number of aliphatic hydroxyl groups is 1. The van der Waals surface area contributed by atoms with Crippen molar-refractivity contribution in [2.24, 2.45) is 5.92 Å². The summed E-state index contributed by atoms with van der Waals surface area (Å²) in [7, 11) is 2.04. The van der Waals surface area contributed by atoms with Gasteiger partial charge in [-0.15, -0.1) is 0 Å². The van der Waals surface area contributed by atoms with Gasteiger partial charge in [-0.25, -0.2) is 0 Å². The second-order valence-corrected chi connectivity index (χ2v) is 4.56. The highest BCUT2D eigenvalue weighted by atomic mass is 79.9. The molecule has 2 nitrogen and oxygen atoms in total. The van der Waals surface area contributed by atoms with Gasteiger partial charge in [-0.2, -0.15) is 0 Å². The maximum absolute atomic E-state index is 8.94. The second-order valence-electron chi connectivity index (χ2n) is 3.64. The van der Waals surface area contributed by atoms with Gasteiger partial charge in [-0.1, -0.05) is 22.9 Å². The Balaban J connectivity index is 2.60. The molecule has 0 saturated carbocycles. The summed E-state index contributed by atoms with van der Waals surface area (Å²) in [4.78, 5) is 2.15. The molecule has 0 aromatic heterocycles. The van der Waals surface area contributed by atoms with Gasteiger partial charge in [0.1, 0.15) is 0 Å². The van der Waals surface area contributed by atoms with Gasteiger partial charge in [-0.3, -0.25) is 0 Å². The van der Waals surface area contributed by atoms with E-state index in [4.69, 9.17) is 5.11 Å². The van der Waals surface area contributed by atoms with Crippen molar-refractivity contribution < 1.29 is 5.11 Å². The third kappa shape index (κ3) is 3.31. The predicted molar refractivity (Wildman–Crippen MR) is 63.7 cm³/mol. The van der Waals surface area contributed by atoms with Gasteiger partial charge in [-0.05, 0) is 30.2 Å². The number of halogens is 1. The summed E-state index contributed by atoms with van der Waals surface area (Å²) in [5.41, 5.74) is 1.17. The number of hydrogen-bond donors (Lipinski definition) is 1. The lowest BCUT2D eigenvalue weighted by Crippen LogP contribution is -2.25. The fraction of sp³-hybridized carbons (Fsp3) is 0.455. The predicted octanol–water partition coefficient (Wildman–Crippen LogP) is 2.51. The Morgan fingerprint density at radius 3 is 2.43 bits per heavy atom. The Labute approximate surface area is 93.7 Å². The fourth-order valence-corrected chi connectivity index (χ4v) is 1.59. The average molecular weight is 258 g/mol. The normalized spacial score (nSPS) is 12.6. The van der Waals surface area contributed by atoms with Gasteiger partial charge in [0.05, 0.1) is 0 Å². The zero-order valence-corrected chi connectivity index (χ0v) is 10.2. The maximum Gasteiger partial charge on any atom is 0.0473 e. The molecular weight excluding hydrogens is 242 g/mol. The second kappa shape index (κ2) is 5.37. The standard InChI is InChI=1S/C11H16BrNO/c1-9(8-14)7-13(2)11-5-3-10(12)4-6-11/h3-6,9,14H,7-8H2,1-2H3. The topological polar surface area (TPSA) is 23.5 Å². The van der Waals surface area contributed by atoms with E-state index in [1.807, 2.05) is 26.1 Å². The van der Waals surface area contributed by atoms with E-state index in [1.165, 1.54) is 5.69 Å². The molecule has 3 heteroatoms. The molecule has 0 heterocycles. The van der Waals surface area contributed by atoms with Gasteiger partial charge < -0.3 is 10.0 Å². The summed E-state index contributed by atoms with van der Waals surface area (Å²) < 4.78 is 1.09. The molecule has 14 heavy (non-hydrogen) atoms. The molecule has 1 unspecified atom stereocenters. The van der Waals surface area contributed by atoms with E-state index in [9.17, 15) is 0 Å². The van der Waals surface area contributed by atoms with E-state index < -0.39 is 0 Å². The van der Waals surface area contributed by atoms with Crippen LogP contribution >= 0.6 is 15.9 Å². The van der Waals surface area contributed by atoms with Crippen LogP contribution in [0.15, 0.2) is 28.7 Å². The van der Waals surface area contributed by atoms with Crippen molar-refractivity contribution in [2.75, 3.05) is 25.1 Å². The fourth-order valence-electron chi connectivity index (χ4n) is 1.33. The van der Waals surface area contributed by atoms with Crippen LogP contribution in [0.25, 0.3) is 0 Å². The van der Waals surface area contributed by atoms with Crippen LogP contribution in [0.5, 0.6) is 0 Å². The molecule has 1 atom stereocenters. The Morgan fingerprint density at radius 1 is 1.36 bits per heavy atom. The molecule has 0 aliphatic rings. The summed E-state index contributed by atoms with van der Waals surface area (Å²) >= 11 is 3.40. The number of aliphatic hydroxyl groups excluding tert-OH is 1. The van der Waals surface area contributed by atoms with Crippen LogP contribution < -0.4 is 4.90 Å². The third-order valence-electron chi connectivity index (χ3n) is 2.16. The van der Waals surface area contributed by atoms with Gasteiger partial charge in [0, 0.05) is 30.4 Å². The molecule has 0 saturated heterocycles. The minimum absolute atomic E-state index is 0.237. The van der Waals surface area contributed by atoms with Gasteiger partial charge in [0.15, 0.2) is 0 Å². The summed E-state index contributed by atoms with van der Waals surface area (Å²) in [5, 5.41) is 8.94. The number of benzene rings is 1.